The van der Waals surface area contributed by atoms with Crippen molar-refractivity contribution in [1.82, 2.24) is 0 Å². The van der Waals surface area contributed by atoms with Crippen LogP contribution in [0.2, 0.25) is 0 Å². The quantitative estimate of drug-likeness (QED) is 0.396. The van der Waals surface area contributed by atoms with Crippen LogP contribution in [0.1, 0.15) is 0 Å². The van der Waals surface area contributed by atoms with Crippen LogP contribution in [0.15, 0.2) is 5.11 Å². The number of alkyl halides is 3. The molecule has 0 aromatic carbocycles. The minimum absolute atomic E-state index is 0.0194. The maximum atomic E-state index is 12.1. The van der Waals surface area contributed by atoms with E-state index in [2.05, 4.69) is 19.5 Å². The van der Waals surface area contributed by atoms with Gasteiger partial charge in [-0.25, -0.2) is 0 Å². The molecule has 0 radical (unpaired) electrons. The van der Waals surface area contributed by atoms with Crippen LogP contribution in [0.5, 0.6) is 0 Å². The lowest BCUT2D eigenvalue weighted by Crippen LogP contribution is -2.45. The second kappa shape index (κ2) is 4.50. The van der Waals surface area contributed by atoms with Crippen LogP contribution >= 0.6 is 0 Å². The topological polar surface area (TPSA) is 67.2 Å². The number of hydrogen-bond acceptors (Lipinski definition) is 3. The Labute approximate surface area is 77.4 Å². The molecule has 2 unspecified atom stereocenters. The summed E-state index contributed by atoms with van der Waals surface area (Å²) in [5, 5.41) is 3.12. The first-order chi connectivity index (χ1) is 6.54. The van der Waals surface area contributed by atoms with Crippen molar-refractivity contribution in [3.8, 4) is 0 Å². The van der Waals surface area contributed by atoms with Gasteiger partial charge in [0.25, 0.3) is 0 Å². The van der Waals surface area contributed by atoms with Gasteiger partial charge in [0.05, 0.1) is 25.9 Å². The number of ether oxygens (including phenoxy) is 2. The summed E-state index contributed by atoms with van der Waals surface area (Å²) in [5.41, 5.74) is 7.96. The van der Waals surface area contributed by atoms with E-state index in [1.54, 1.807) is 0 Å². The summed E-state index contributed by atoms with van der Waals surface area (Å²) in [4.78, 5) is 2.43. The van der Waals surface area contributed by atoms with Crippen molar-refractivity contribution in [1.29, 1.82) is 0 Å². The maximum absolute atomic E-state index is 12.1. The fourth-order valence-electron chi connectivity index (χ4n) is 1.01. The Morgan fingerprint density at radius 3 is 2.71 bits per heavy atom. The number of rotatable bonds is 2. The first kappa shape index (κ1) is 11.1. The van der Waals surface area contributed by atoms with Gasteiger partial charge in [0, 0.05) is 4.91 Å². The zero-order valence-electron chi connectivity index (χ0n) is 7.07. The van der Waals surface area contributed by atoms with Gasteiger partial charge in [-0.15, -0.1) is 0 Å². The minimum Gasteiger partial charge on any atom is -0.376 e. The third-order valence-corrected chi connectivity index (χ3v) is 1.64. The molecule has 0 aromatic heterocycles. The maximum Gasteiger partial charge on any atom is 0.416 e. The Morgan fingerprint density at radius 1 is 1.43 bits per heavy atom. The molecule has 0 bridgehead atoms. The standard InChI is InChI=1S/C6H8F3N3O2/c7-6(8,9)5-3-13-2-4(14-5)1-11-12-10/h4-5H,1-3H2. The Kier molecular flexibility index (Phi) is 3.56. The van der Waals surface area contributed by atoms with E-state index < -0.39 is 25.0 Å². The molecule has 1 fully saturated rings. The summed E-state index contributed by atoms with van der Waals surface area (Å²) in [6.07, 6.45) is -7.17. The Bertz CT molecular complexity index is 239. The van der Waals surface area contributed by atoms with E-state index in [0.717, 1.165) is 0 Å². The van der Waals surface area contributed by atoms with Gasteiger partial charge in [0.15, 0.2) is 6.10 Å². The van der Waals surface area contributed by atoms with Gasteiger partial charge < -0.3 is 9.47 Å². The Hall–Kier alpha value is -0.980. The summed E-state index contributed by atoms with van der Waals surface area (Å²) in [7, 11) is 0. The summed E-state index contributed by atoms with van der Waals surface area (Å²) in [6, 6.07) is 0. The van der Waals surface area contributed by atoms with Gasteiger partial charge in [-0.1, -0.05) is 5.11 Å². The third kappa shape index (κ3) is 3.06. The Balaban J connectivity index is 2.47. The highest BCUT2D eigenvalue weighted by Crippen LogP contribution is 2.26. The van der Waals surface area contributed by atoms with Crippen LogP contribution in [0, 0.1) is 0 Å². The van der Waals surface area contributed by atoms with E-state index in [1.807, 2.05) is 0 Å². The summed E-state index contributed by atoms with van der Waals surface area (Å²) in [5.74, 6) is 0. The van der Waals surface area contributed by atoms with E-state index in [9.17, 15) is 13.2 Å². The van der Waals surface area contributed by atoms with E-state index in [4.69, 9.17) is 5.53 Å². The molecular weight excluding hydrogens is 203 g/mol. The molecule has 5 nitrogen and oxygen atoms in total. The summed E-state index contributed by atoms with van der Waals surface area (Å²) >= 11 is 0. The molecule has 0 amide bonds. The highest BCUT2D eigenvalue weighted by molar-refractivity contribution is 4.75. The molecule has 0 aromatic rings. The van der Waals surface area contributed by atoms with Crippen molar-refractivity contribution in [2.75, 3.05) is 19.8 Å². The van der Waals surface area contributed by atoms with Crippen LogP contribution in [0.4, 0.5) is 13.2 Å². The largest absolute Gasteiger partial charge is 0.416 e. The lowest BCUT2D eigenvalue weighted by molar-refractivity contribution is -0.271. The molecule has 0 N–H and O–H groups in total. The van der Waals surface area contributed by atoms with Crippen molar-refractivity contribution in [2.45, 2.75) is 18.4 Å². The van der Waals surface area contributed by atoms with Crippen molar-refractivity contribution < 1.29 is 22.6 Å². The van der Waals surface area contributed by atoms with Crippen molar-refractivity contribution >= 4 is 0 Å². The molecule has 1 aliphatic rings. The van der Waals surface area contributed by atoms with Crippen LogP contribution in [-0.4, -0.2) is 38.1 Å². The lowest BCUT2D eigenvalue weighted by atomic mass is 10.3. The van der Waals surface area contributed by atoms with Crippen molar-refractivity contribution in [3.63, 3.8) is 0 Å². The second-order valence-corrected chi connectivity index (χ2v) is 2.74. The third-order valence-electron chi connectivity index (χ3n) is 1.64. The SMILES string of the molecule is [N-]=[N+]=NCC1COCC(C(F)(F)F)O1. The van der Waals surface area contributed by atoms with Crippen LogP contribution in [-0.2, 0) is 9.47 Å². The molecule has 0 saturated carbocycles. The van der Waals surface area contributed by atoms with Crippen molar-refractivity contribution in [3.05, 3.63) is 10.4 Å². The molecule has 0 aliphatic carbocycles. The highest BCUT2D eigenvalue weighted by atomic mass is 19.4. The molecule has 2 atom stereocenters. The zero-order valence-corrected chi connectivity index (χ0v) is 7.07. The first-order valence-electron chi connectivity index (χ1n) is 3.85. The molecule has 8 heteroatoms. The van der Waals surface area contributed by atoms with Crippen molar-refractivity contribution in [2.24, 2.45) is 5.11 Å². The fourth-order valence-corrected chi connectivity index (χ4v) is 1.01. The zero-order chi connectivity index (χ0) is 10.6. The number of nitrogens with zero attached hydrogens (tertiary/aromatic N) is 3. The Morgan fingerprint density at radius 2 is 2.14 bits per heavy atom. The smallest absolute Gasteiger partial charge is 0.376 e. The van der Waals surface area contributed by atoms with Gasteiger partial charge in [0.1, 0.15) is 0 Å². The molecule has 14 heavy (non-hydrogen) atoms. The molecule has 1 saturated heterocycles. The molecule has 0 spiro atoms. The summed E-state index contributed by atoms with van der Waals surface area (Å²) < 4.78 is 45.7. The number of hydrogen-bond donors (Lipinski definition) is 0. The predicted octanol–water partition coefficient (Wildman–Crippen LogP) is 1.64. The second-order valence-electron chi connectivity index (χ2n) is 2.74. The molecular formula is C6H8F3N3O2. The van der Waals surface area contributed by atoms with Gasteiger partial charge in [0.2, 0.25) is 0 Å². The van der Waals surface area contributed by atoms with Gasteiger partial charge >= 0.3 is 6.18 Å². The van der Waals surface area contributed by atoms with E-state index in [1.165, 1.54) is 0 Å². The minimum atomic E-state index is -4.44. The molecule has 1 rings (SSSR count). The van der Waals surface area contributed by atoms with Gasteiger partial charge in [-0.2, -0.15) is 13.2 Å². The first-order valence-corrected chi connectivity index (χ1v) is 3.85. The fraction of sp³-hybridized carbons (Fsp3) is 1.00. The average molecular weight is 211 g/mol. The lowest BCUT2D eigenvalue weighted by Gasteiger charge is -2.30. The van der Waals surface area contributed by atoms with Gasteiger partial charge in [-0.3, -0.25) is 0 Å². The van der Waals surface area contributed by atoms with Crippen LogP contribution in [0.25, 0.3) is 10.4 Å². The van der Waals surface area contributed by atoms with Crippen LogP contribution < -0.4 is 0 Å². The monoisotopic (exact) mass is 211 g/mol. The highest BCUT2D eigenvalue weighted by Gasteiger charge is 2.44. The van der Waals surface area contributed by atoms with E-state index in [-0.39, 0.29) is 13.2 Å². The van der Waals surface area contributed by atoms with Crippen LogP contribution in [0.3, 0.4) is 0 Å². The molecule has 80 valence electrons. The number of halogens is 3. The predicted molar refractivity (Wildman–Crippen MR) is 39.5 cm³/mol. The number of azide groups is 1. The molecule has 1 heterocycles. The van der Waals surface area contributed by atoms with E-state index >= 15 is 0 Å². The van der Waals surface area contributed by atoms with Gasteiger partial charge in [-0.05, 0) is 5.53 Å². The van der Waals surface area contributed by atoms with E-state index in [0.29, 0.717) is 0 Å². The summed E-state index contributed by atoms with van der Waals surface area (Å²) in [6.45, 7) is -0.634. The normalized spacial score (nSPS) is 28.2. The molecule has 1 aliphatic heterocycles. The average Bonchev–Trinajstić information content (AvgIpc) is 2.14.